The van der Waals surface area contributed by atoms with Crippen LogP contribution in [0.2, 0.25) is 0 Å². The number of aromatic nitrogens is 2. The van der Waals surface area contributed by atoms with Crippen molar-refractivity contribution in [1.82, 2.24) is 20.3 Å². The smallest absolute Gasteiger partial charge is 0.278 e. The van der Waals surface area contributed by atoms with E-state index < -0.39 is 12.2 Å². The van der Waals surface area contributed by atoms with E-state index in [-0.39, 0.29) is 18.5 Å². The summed E-state index contributed by atoms with van der Waals surface area (Å²) >= 11 is 0. The number of hydrogen-bond donors (Lipinski definition) is 2. The molecule has 2 N–H and O–H groups in total. The first-order valence-corrected chi connectivity index (χ1v) is 11.6. The molecule has 0 radical (unpaired) electrons. The molecule has 3 heterocycles. The molecule has 2 fully saturated rings. The molecule has 2 aromatic rings. The highest BCUT2D eigenvalue weighted by molar-refractivity contribution is 5.92. The largest absolute Gasteiger partial charge is 0.394 e. The van der Waals surface area contributed by atoms with Crippen molar-refractivity contribution in [3.05, 3.63) is 59.7 Å². The molecule has 182 valence electrons. The number of hydrogen-bond acceptors (Lipinski definition) is 8. The molecule has 2 aliphatic heterocycles. The third-order valence-electron chi connectivity index (χ3n) is 5.96. The Morgan fingerprint density at radius 1 is 1.21 bits per heavy atom. The Morgan fingerprint density at radius 2 is 1.94 bits per heavy atom. The van der Waals surface area contributed by atoms with Gasteiger partial charge in [-0.1, -0.05) is 24.3 Å². The van der Waals surface area contributed by atoms with Crippen LogP contribution in [0.15, 0.2) is 42.7 Å². The summed E-state index contributed by atoms with van der Waals surface area (Å²) in [5.74, 6) is -0.135. The fourth-order valence-electron chi connectivity index (χ4n) is 3.93. The minimum atomic E-state index is -0.414. The Morgan fingerprint density at radius 3 is 2.59 bits per heavy atom. The molecule has 1 amide bonds. The Labute approximate surface area is 198 Å². The molecule has 0 spiro atoms. The molecular formula is C24H30FN5O4. The van der Waals surface area contributed by atoms with Crippen LogP contribution in [0.4, 0.5) is 10.3 Å². The highest BCUT2D eigenvalue weighted by Gasteiger charge is 2.23. The van der Waals surface area contributed by atoms with Crippen LogP contribution in [0.5, 0.6) is 0 Å². The topological polar surface area (TPSA) is 100 Å². The fraction of sp³-hybridized carbons (Fsp3) is 0.458. The van der Waals surface area contributed by atoms with Gasteiger partial charge in [0.05, 0.1) is 18.2 Å². The fourth-order valence-corrected chi connectivity index (χ4v) is 3.93. The van der Waals surface area contributed by atoms with Crippen LogP contribution in [-0.2, 0) is 9.57 Å². The Balaban J connectivity index is 1.26. The van der Waals surface area contributed by atoms with E-state index >= 15 is 0 Å². The summed E-state index contributed by atoms with van der Waals surface area (Å²) in [7, 11) is 0. The van der Waals surface area contributed by atoms with Gasteiger partial charge >= 0.3 is 0 Å². The van der Waals surface area contributed by atoms with Crippen LogP contribution in [0.1, 0.15) is 35.2 Å². The lowest BCUT2D eigenvalue weighted by atomic mass is 10.1. The quantitative estimate of drug-likeness (QED) is 0.564. The highest BCUT2D eigenvalue weighted by atomic mass is 19.1. The van der Waals surface area contributed by atoms with E-state index in [4.69, 9.17) is 9.57 Å². The van der Waals surface area contributed by atoms with Gasteiger partial charge in [0.1, 0.15) is 5.82 Å². The van der Waals surface area contributed by atoms with Crippen LogP contribution in [0.3, 0.4) is 0 Å². The third kappa shape index (κ3) is 6.57. The van der Waals surface area contributed by atoms with Crippen molar-refractivity contribution in [2.24, 2.45) is 0 Å². The van der Waals surface area contributed by atoms with E-state index in [1.807, 2.05) is 17.1 Å². The van der Waals surface area contributed by atoms with Gasteiger partial charge in [0.25, 0.3) is 5.91 Å². The van der Waals surface area contributed by atoms with E-state index in [0.29, 0.717) is 31.2 Å². The normalized spacial score (nSPS) is 20.4. The molecule has 2 saturated heterocycles. The van der Waals surface area contributed by atoms with Crippen molar-refractivity contribution < 1.29 is 23.9 Å². The first-order valence-electron chi connectivity index (χ1n) is 11.6. The number of halogens is 1. The zero-order chi connectivity index (χ0) is 23.8. The summed E-state index contributed by atoms with van der Waals surface area (Å²) in [6.45, 7) is 3.45. The van der Waals surface area contributed by atoms with Crippen molar-refractivity contribution in [2.45, 2.75) is 31.6 Å². The number of ether oxygens (including phenoxy) is 1. The first-order chi connectivity index (χ1) is 16.6. The summed E-state index contributed by atoms with van der Waals surface area (Å²) in [4.78, 5) is 30.5. The second kappa shape index (κ2) is 12.0. The lowest BCUT2D eigenvalue weighted by Crippen LogP contribution is -2.51. The summed E-state index contributed by atoms with van der Waals surface area (Å²) in [6.07, 6.45) is 9.15. The van der Waals surface area contributed by atoms with Crippen LogP contribution in [0, 0.1) is 5.82 Å². The molecule has 9 nitrogen and oxygen atoms in total. The lowest BCUT2D eigenvalue weighted by molar-refractivity contribution is -0.186. The average Bonchev–Trinajstić information content (AvgIpc) is 2.90. The van der Waals surface area contributed by atoms with Gasteiger partial charge in [0.15, 0.2) is 6.29 Å². The van der Waals surface area contributed by atoms with E-state index in [1.165, 1.54) is 24.5 Å². The second-order valence-electron chi connectivity index (χ2n) is 8.30. The van der Waals surface area contributed by atoms with Gasteiger partial charge in [-0.05, 0) is 30.5 Å². The van der Waals surface area contributed by atoms with Crippen molar-refractivity contribution >= 4 is 17.9 Å². The average molecular weight is 472 g/mol. The highest BCUT2D eigenvalue weighted by Crippen LogP contribution is 2.15. The molecule has 1 aromatic heterocycles. The van der Waals surface area contributed by atoms with Gasteiger partial charge in [-0.15, -0.1) is 0 Å². The van der Waals surface area contributed by atoms with Gasteiger partial charge in [-0.25, -0.2) is 24.7 Å². The molecule has 34 heavy (non-hydrogen) atoms. The number of benzene rings is 1. The maximum atomic E-state index is 13.1. The van der Waals surface area contributed by atoms with Gasteiger partial charge in [-0.2, -0.15) is 0 Å². The molecule has 2 aliphatic rings. The van der Waals surface area contributed by atoms with Gasteiger partial charge in [-0.3, -0.25) is 9.69 Å². The first kappa shape index (κ1) is 24.2. The zero-order valence-electron chi connectivity index (χ0n) is 19.0. The van der Waals surface area contributed by atoms with Crippen molar-refractivity contribution in [2.75, 3.05) is 44.3 Å². The van der Waals surface area contributed by atoms with Crippen LogP contribution < -0.4 is 10.4 Å². The summed E-state index contributed by atoms with van der Waals surface area (Å²) in [5, 5.41) is 9.85. The Hall–Kier alpha value is -2.92. The van der Waals surface area contributed by atoms with Gasteiger partial charge in [0, 0.05) is 51.6 Å². The maximum absolute atomic E-state index is 13.1. The van der Waals surface area contributed by atoms with Crippen LogP contribution in [0.25, 0.3) is 6.08 Å². The van der Waals surface area contributed by atoms with Crippen molar-refractivity contribution in [3.63, 3.8) is 0 Å². The number of aliphatic hydroxyl groups excluding tert-OH is 1. The third-order valence-corrected chi connectivity index (χ3v) is 5.96. The number of rotatable bonds is 8. The van der Waals surface area contributed by atoms with E-state index in [0.717, 1.165) is 37.9 Å². The lowest BCUT2D eigenvalue weighted by Gasteiger charge is -2.37. The Kier molecular flexibility index (Phi) is 8.53. The van der Waals surface area contributed by atoms with Crippen molar-refractivity contribution in [1.29, 1.82) is 0 Å². The molecule has 1 aromatic carbocycles. The SMILES string of the molecule is O=C(NOC1CCCCO1)c1cnc(N2CCN(C(C=Cc3ccc(F)cc3)CO)CC2)nc1. The number of anilines is 1. The molecule has 2 unspecified atom stereocenters. The van der Waals surface area contributed by atoms with E-state index in [2.05, 4.69) is 20.3 Å². The number of carbonyl (C=O) groups is 1. The standard InChI is InChI=1S/C24H30FN5O4/c25-20-7-4-18(5-8-20)6-9-21(17-31)29-10-12-30(13-11-29)24-26-15-19(16-27-24)23(32)28-34-22-3-1-2-14-33-22/h4-9,15-16,21-22,31H,1-3,10-14,17H2,(H,28,32). The van der Waals surface area contributed by atoms with E-state index in [9.17, 15) is 14.3 Å². The number of aliphatic hydroxyl groups is 1. The minimum absolute atomic E-state index is 0.00796. The Bertz CT molecular complexity index is 943. The van der Waals surface area contributed by atoms with Crippen molar-refractivity contribution in [3.8, 4) is 0 Å². The molecule has 2 atom stereocenters. The van der Waals surface area contributed by atoms with E-state index in [1.54, 1.807) is 12.1 Å². The maximum Gasteiger partial charge on any atom is 0.278 e. The monoisotopic (exact) mass is 471 g/mol. The molecule has 0 saturated carbocycles. The number of amides is 1. The number of nitrogens with one attached hydrogen (secondary N) is 1. The summed E-state index contributed by atoms with van der Waals surface area (Å²) < 4.78 is 18.5. The molecule has 4 rings (SSSR count). The number of nitrogens with zero attached hydrogens (tertiary/aromatic N) is 4. The number of hydroxylamine groups is 1. The molecule has 10 heteroatoms. The zero-order valence-corrected chi connectivity index (χ0v) is 19.0. The number of carbonyl (C=O) groups excluding carboxylic acids is 1. The number of piperazine rings is 1. The predicted molar refractivity (Wildman–Crippen MR) is 124 cm³/mol. The van der Waals surface area contributed by atoms with Gasteiger partial charge in [0.2, 0.25) is 5.95 Å². The molecular weight excluding hydrogens is 441 g/mol. The second-order valence-corrected chi connectivity index (χ2v) is 8.30. The summed E-state index contributed by atoms with van der Waals surface area (Å²) in [5.41, 5.74) is 3.60. The van der Waals surface area contributed by atoms with Crippen LogP contribution in [-0.4, -0.2) is 77.6 Å². The van der Waals surface area contributed by atoms with Gasteiger partial charge < -0.3 is 14.7 Å². The molecule has 0 bridgehead atoms. The van der Waals surface area contributed by atoms with Crippen LogP contribution >= 0.6 is 0 Å². The summed E-state index contributed by atoms with van der Waals surface area (Å²) in [6, 6.07) is 6.11. The minimum Gasteiger partial charge on any atom is -0.394 e. The predicted octanol–water partition coefficient (Wildman–Crippen LogP) is 2.00. The molecule has 0 aliphatic carbocycles.